The second-order valence-corrected chi connectivity index (χ2v) is 15.5. The second-order valence-electron chi connectivity index (χ2n) is 15.5. The van der Waals surface area contributed by atoms with Gasteiger partial charge in [-0.05, 0) is 46.4 Å². The van der Waals surface area contributed by atoms with Gasteiger partial charge >= 0.3 is 5.97 Å². The number of rotatable bonds is 20. The summed E-state index contributed by atoms with van der Waals surface area (Å²) in [5, 5.41) is 20.4. The summed E-state index contributed by atoms with van der Waals surface area (Å²) in [6.45, 7) is 2.82. The normalized spacial score (nSPS) is 19.7. The zero-order valence-corrected chi connectivity index (χ0v) is 35.1. The van der Waals surface area contributed by atoms with E-state index in [0.717, 1.165) is 27.8 Å². The number of nitrogens with zero attached hydrogens (tertiary/aromatic N) is 1. The molecule has 10 nitrogen and oxygen atoms in total. The molecule has 6 aromatic carbocycles. The van der Waals surface area contributed by atoms with Crippen LogP contribution in [-0.2, 0) is 63.1 Å². The molecule has 1 aromatic heterocycles. The fourth-order valence-electron chi connectivity index (χ4n) is 7.45. The van der Waals surface area contributed by atoms with Crippen molar-refractivity contribution < 1.29 is 42.7 Å². The topological polar surface area (TPSA) is 114 Å². The van der Waals surface area contributed by atoms with E-state index in [1.165, 1.54) is 6.07 Å². The molecule has 5 atom stereocenters. The molecule has 0 bridgehead atoms. The summed E-state index contributed by atoms with van der Waals surface area (Å²) in [7, 11) is 0. The number of ether oxygens (including phenoxy) is 7. The van der Waals surface area contributed by atoms with Crippen molar-refractivity contribution in [2.75, 3.05) is 6.61 Å². The first-order chi connectivity index (χ1) is 30.9. The fraction of sp³-hybridized carbons (Fsp3) is 0.250. The molecule has 0 saturated carbocycles. The average Bonchev–Trinajstić information content (AvgIpc) is 3.65. The van der Waals surface area contributed by atoms with Gasteiger partial charge in [-0.3, -0.25) is 5.10 Å². The first-order valence-electron chi connectivity index (χ1n) is 21.1. The van der Waals surface area contributed by atoms with Crippen LogP contribution >= 0.6 is 0 Å². The Morgan fingerprint density at radius 2 is 1.11 bits per heavy atom. The van der Waals surface area contributed by atoms with Crippen molar-refractivity contribution in [1.29, 1.82) is 0 Å². The predicted molar refractivity (Wildman–Crippen MR) is 235 cm³/mol. The minimum Gasteiger partial charge on any atom is -0.489 e. The van der Waals surface area contributed by atoms with E-state index in [4.69, 9.17) is 33.2 Å². The molecule has 0 spiro atoms. The van der Waals surface area contributed by atoms with Crippen molar-refractivity contribution in [2.24, 2.45) is 0 Å². The first kappa shape index (κ1) is 43.5. The maximum atomic E-state index is 15.8. The average molecular weight is 851 g/mol. The molecule has 7 aromatic rings. The van der Waals surface area contributed by atoms with Crippen LogP contribution in [0.15, 0.2) is 170 Å². The molecule has 0 radical (unpaired) electrons. The van der Waals surface area contributed by atoms with Crippen LogP contribution in [0.1, 0.15) is 44.6 Å². The largest absolute Gasteiger partial charge is 0.489 e. The summed E-state index contributed by atoms with van der Waals surface area (Å²) in [4.78, 5) is 0. The summed E-state index contributed by atoms with van der Waals surface area (Å²) >= 11 is 0. The summed E-state index contributed by atoms with van der Waals surface area (Å²) in [5.41, 5.74) is 6.10. The number of aryl methyl sites for hydroxylation is 1. The molecule has 8 rings (SSSR count). The zero-order chi connectivity index (χ0) is 43.3. The Balaban J connectivity index is 1.12. The molecule has 0 amide bonds. The lowest BCUT2D eigenvalue weighted by atomic mass is 9.96. The van der Waals surface area contributed by atoms with Crippen LogP contribution in [0.25, 0.3) is 0 Å². The van der Waals surface area contributed by atoms with Gasteiger partial charge in [0.15, 0.2) is 6.10 Å². The quantitative estimate of drug-likeness (QED) is 0.0725. The Morgan fingerprint density at radius 3 is 1.65 bits per heavy atom. The smallest absolute Gasteiger partial charge is 0.356 e. The molecule has 2 N–H and O–H groups in total. The molecule has 1 saturated heterocycles. The number of hydrogen-bond donors (Lipinski definition) is 2. The molecule has 0 unspecified atom stereocenters. The highest BCUT2D eigenvalue weighted by molar-refractivity contribution is 5.38. The van der Waals surface area contributed by atoms with Gasteiger partial charge in [-0.2, -0.15) is 0 Å². The van der Waals surface area contributed by atoms with E-state index in [0.29, 0.717) is 29.2 Å². The van der Waals surface area contributed by atoms with Crippen LogP contribution < -0.4 is 9.47 Å². The lowest BCUT2D eigenvalue weighted by molar-refractivity contribution is -0.436. The highest BCUT2D eigenvalue weighted by atomic mass is 19.1. The number of benzene rings is 6. The van der Waals surface area contributed by atoms with Gasteiger partial charge in [-0.15, -0.1) is 5.10 Å². The number of aliphatic hydroxyl groups is 1. The van der Waals surface area contributed by atoms with Crippen LogP contribution in [0.5, 0.6) is 11.6 Å². The van der Waals surface area contributed by atoms with Crippen LogP contribution in [0.4, 0.5) is 4.39 Å². The van der Waals surface area contributed by atoms with E-state index in [2.05, 4.69) is 10.2 Å². The van der Waals surface area contributed by atoms with E-state index in [-0.39, 0.29) is 45.3 Å². The number of nitrogens with one attached hydrogen (secondary N) is 1. The number of aromatic nitrogens is 2. The lowest BCUT2D eigenvalue weighted by Crippen LogP contribution is -2.69. The van der Waals surface area contributed by atoms with Gasteiger partial charge in [0.2, 0.25) is 5.88 Å². The standard InChI is InChI=1S/C52H51FN2O8/c1-37-45(29-43-27-28-44(30-46(43)53)58-32-39-19-9-3-10-20-39)51(55-54-37)63-52(56)50(61-35-42-25-15-6-16-26-42)49(60-34-41-23-13-5-14-24-41)48(59-33-40-21-11-4-12-22-40)47(62-52)36-57-31-38-17-7-2-8-18-38/h2-28,30,47-50,56H,29,31-36H2,1H3,(H,54,55)/t47-,48-,49+,50-,52-/m1/s1. The van der Waals surface area contributed by atoms with Gasteiger partial charge in [0.05, 0.1) is 33.0 Å². The van der Waals surface area contributed by atoms with Crippen LogP contribution in [-0.4, -0.2) is 52.3 Å². The van der Waals surface area contributed by atoms with Crippen LogP contribution in [0.3, 0.4) is 0 Å². The maximum absolute atomic E-state index is 15.8. The molecule has 1 fully saturated rings. The zero-order valence-electron chi connectivity index (χ0n) is 35.1. The molecular weight excluding hydrogens is 800 g/mol. The Labute approximate surface area is 367 Å². The van der Waals surface area contributed by atoms with Gasteiger partial charge < -0.3 is 38.3 Å². The van der Waals surface area contributed by atoms with E-state index in [1.807, 2.05) is 152 Å². The molecule has 1 aliphatic rings. The minimum atomic E-state index is -2.52. The number of aromatic amines is 1. The van der Waals surface area contributed by atoms with Crippen molar-refractivity contribution in [1.82, 2.24) is 10.2 Å². The van der Waals surface area contributed by atoms with E-state index >= 15 is 4.39 Å². The Bertz CT molecular complexity index is 2440. The Morgan fingerprint density at radius 1 is 0.619 bits per heavy atom. The molecule has 63 heavy (non-hydrogen) atoms. The van der Waals surface area contributed by atoms with Crippen molar-refractivity contribution in [2.45, 2.75) is 76.8 Å². The molecule has 1 aliphatic heterocycles. The Kier molecular flexibility index (Phi) is 14.7. The third-order valence-electron chi connectivity index (χ3n) is 10.8. The van der Waals surface area contributed by atoms with Gasteiger partial charge in [0.1, 0.15) is 36.5 Å². The highest BCUT2D eigenvalue weighted by Crippen LogP contribution is 2.39. The molecular formula is C52H51FN2O8. The van der Waals surface area contributed by atoms with Crippen molar-refractivity contribution in [3.63, 3.8) is 0 Å². The van der Waals surface area contributed by atoms with E-state index in [9.17, 15) is 5.11 Å². The SMILES string of the molecule is Cc1[nH]nc(O[C@]2(O)O[C@H](COCc3ccccc3)[C@@H](OCc3ccccc3)[C@H](OCc3ccccc3)[C@H]2OCc2ccccc2)c1Cc1ccc(OCc2ccccc2)cc1F. The van der Waals surface area contributed by atoms with Crippen LogP contribution in [0.2, 0.25) is 0 Å². The first-order valence-corrected chi connectivity index (χ1v) is 21.1. The van der Waals surface area contributed by atoms with Crippen molar-refractivity contribution >= 4 is 0 Å². The van der Waals surface area contributed by atoms with E-state index in [1.54, 1.807) is 19.1 Å². The summed E-state index contributed by atoms with van der Waals surface area (Å²) < 4.78 is 61.3. The van der Waals surface area contributed by atoms with Gasteiger partial charge in [-0.1, -0.05) is 158 Å². The summed E-state index contributed by atoms with van der Waals surface area (Å²) in [6.07, 6.45) is -3.98. The molecule has 11 heteroatoms. The van der Waals surface area contributed by atoms with E-state index < -0.39 is 36.2 Å². The lowest BCUT2D eigenvalue weighted by Gasteiger charge is -2.49. The maximum Gasteiger partial charge on any atom is 0.356 e. The number of H-pyrrole nitrogens is 1. The fourth-order valence-corrected chi connectivity index (χ4v) is 7.45. The molecule has 0 aliphatic carbocycles. The van der Waals surface area contributed by atoms with Crippen molar-refractivity contribution in [3.05, 3.63) is 220 Å². The summed E-state index contributed by atoms with van der Waals surface area (Å²) in [5.74, 6) is -2.59. The number of hydrogen-bond acceptors (Lipinski definition) is 9. The van der Waals surface area contributed by atoms with Crippen LogP contribution in [0, 0.1) is 12.7 Å². The monoisotopic (exact) mass is 850 g/mol. The van der Waals surface area contributed by atoms with Gasteiger partial charge in [0, 0.05) is 23.7 Å². The third-order valence-corrected chi connectivity index (χ3v) is 10.8. The Hall–Kier alpha value is -6.18. The van der Waals surface area contributed by atoms with Gasteiger partial charge in [-0.25, -0.2) is 4.39 Å². The van der Waals surface area contributed by atoms with Gasteiger partial charge in [0.25, 0.3) is 0 Å². The second kappa shape index (κ2) is 21.3. The van der Waals surface area contributed by atoms with Crippen molar-refractivity contribution in [3.8, 4) is 11.6 Å². The molecule has 2 heterocycles. The number of halogens is 1. The molecule has 324 valence electrons. The summed E-state index contributed by atoms with van der Waals surface area (Å²) in [6, 6.07) is 53.3. The highest BCUT2D eigenvalue weighted by Gasteiger charge is 2.59. The predicted octanol–water partition coefficient (Wildman–Crippen LogP) is 9.42. The third kappa shape index (κ3) is 11.6. The minimum absolute atomic E-state index is 0.00142.